The third-order valence-electron chi connectivity index (χ3n) is 3.75. The molecule has 3 heteroatoms. The first kappa shape index (κ1) is 11.6. The van der Waals surface area contributed by atoms with Crippen LogP contribution in [0.3, 0.4) is 0 Å². The zero-order valence-corrected chi connectivity index (χ0v) is 10.0. The van der Waals surface area contributed by atoms with Crippen LogP contribution in [0.1, 0.15) is 32.1 Å². The third kappa shape index (κ3) is 2.64. The van der Waals surface area contributed by atoms with E-state index in [-0.39, 0.29) is 5.91 Å². The molecule has 2 heterocycles. The van der Waals surface area contributed by atoms with Gasteiger partial charge in [-0.05, 0) is 44.8 Å². The molecule has 0 aromatic rings. The summed E-state index contributed by atoms with van der Waals surface area (Å²) in [5, 5.41) is 0. The van der Waals surface area contributed by atoms with Crippen molar-refractivity contribution in [3.8, 4) is 0 Å². The SMILES string of the molecule is C=CC(=O)N1CCC[C@H]1CN1CCCCC1. The summed E-state index contributed by atoms with van der Waals surface area (Å²) in [5.74, 6) is 0.111. The van der Waals surface area contributed by atoms with E-state index >= 15 is 0 Å². The maximum atomic E-state index is 11.7. The standard InChI is InChI=1S/C13H22N2O/c1-2-13(16)15-10-6-7-12(15)11-14-8-4-3-5-9-14/h2,12H,1,3-11H2/t12-/m0/s1. The minimum absolute atomic E-state index is 0.111. The van der Waals surface area contributed by atoms with Crippen LogP contribution in [0.25, 0.3) is 0 Å². The number of hydrogen-bond acceptors (Lipinski definition) is 2. The van der Waals surface area contributed by atoms with Gasteiger partial charge in [0.05, 0.1) is 0 Å². The Labute approximate surface area is 98.1 Å². The molecule has 2 rings (SSSR count). The van der Waals surface area contributed by atoms with E-state index in [0.29, 0.717) is 6.04 Å². The Balaban J connectivity index is 1.87. The highest BCUT2D eigenvalue weighted by Crippen LogP contribution is 2.20. The third-order valence-corrected chi connectivity index (χ3v) is 3.75. The van der Waals surface area contributed by atoms with E-state index in [1.165, 1.54) is 38.4 Å². The molecule has 0 saturated carbocycles. The van der Waals surface area contributed by atoms with Gasteiger partial charge >= 0.3 is 0 Å². The van der Waals surface area contributed by atoms with E-state index in [9.17, 15) is 4.79 Å². The molecule has 1 amide bonds. The summed E-state index contributed by atoms with van der Waals surface area (Å²) < 4.78 is 0. The smallest absolute Gasteiger partial charge is 0.246 e. The lowest BCUT2D eigenvalue weighted by molar-refractivity contribution is -0.127. The quantitative estimate of drug-likeness (QED) is 0.678. The molecule has 0 radical (unpaired) electrons. The second-order valence-corrected chi connectivity index (χ2v) is 4.89. The lowest BCUT2D eigenvalue weighted by Crippen LogP contribution is -2.44. The highest BCUT2D eigenvalue weighted by Gasteiger charge is 2.28. The van der Waals surface area contributed by atoms with E-state index in [2.05, 4.69) is 11.5 Å². The normalized spacial score (nSPS) is 27.0. The van der Waals surface area contributed by atoms with Gasteiger partial charge in [-0.15, -0.1) is 0 Å². The van der Waals surface area contributed by atoms with Crippen LogP contribution in [0.5, 0.6) is 0 Å². The minimum Gasteiger partial charge on any atom is -0.335 e. The van der Waals surface area contributed by atoms with Gasteiger partial charge in [-0.25, -0.2) is 0 Å². The van der Waals surface area contributed by atoms with Crippen LogP contribution in [0.2, 0.25) is 0 Å². The number of hydrogen-bond donors (Lipinski definition) is 0. The number of carbonyl (C=O) groups excluding carboxylic acids is 1. The molecule has 0 aromatic heterocycles. The zero-order chi connectivity index (χ0) is 11.4. The van der Waals surface area contributed by atoms with Gasteiger partial charge in [0.1, 0.15) is 0 Å². The van der Waals surface area contributed by atoms with Crippen LogP contribution in [-0.4, -0.2) is 47.9 Å². The lowest BCUT2D eigenvalue weighted by atomic mass is 10.1. The first-order chi connectivity index (χ1) is 7.81. The fourth-order valence-electron chi connectivity index (χ4n) is 2.87. The van der Waals surface area contributed by atoms with E-state index in [1.54, 1.807) is 0 Å². The van der Waals surface area contributed by atoms with Crippen LogP contribution in [-0.2, 0) is 4.79 Å². The first-order valence-electron chi connectivity index (χ1n) is 6.46. The highest BCUT2D eigenvalue weighted by molar-refractivity contribution is 5.87. The number of nitrogens with zero attached hydrogens (tertiary/aromatic N) is 2. The summed E-state index contributed by atoms with van der Waals surface area (Å²) in [6, 6.07) is 0.434. The minimum atomic E-state index is 0.111. The average molecular weight is 222 g/mol. The van der Waals surface area contributed by atoms with Crippen molar-refractivity contribution in [2.45, 2.75) is 38.1 Å². The van der Waals surface area contributed by atoms with Crippen molar-refractivity contribution >= 4 is 5.91 Å². The molecule has 0 unspecified atom stereocenters. The summed E-state index contributed by atoms with van der Waals surface area (Å²) in [4.78, 5) is 16.2. The van der Waals surface area contributed by atoms with Crippen molar-refractivity contribution in [1.82, 2.24) is 9.80 Å². The van der Waals surface area contributed by atoms with E-state index in [0.717, 1.165) is 25.9 Å². The summed E-state index contributed by atoms with van der Waals surface area (Å²) in [5.41, 5.74) is 0. The molecule has 0 N–H and O–H groups in total. The maximum absolute atomic E-state index is 11.7. The molecule has 1 atom stereocenters. The van der Waals surface area contributed by atoms with Crippen molar-refractivity contribution < 1.29 is 4.79 Å². The van der Waals surface area contributed by atoms with Crippen LogP contribution in [0.15, 0.2) is 12.7 Å². The predicted molar refractivity (Wildman–Crippen MR) is 65.2 cm³/mol. The monoisotopic (exact) mass is 222 g/mol. The fourth-order valence-corrected chi connectivity index (χ4v) is 2.87. The Morgan fingerprint density at radius 1 is 1.19 bits per heavy atom. The largest absolute Gasteiger partial charge is 0.335 e. The van der Waals surface area contributed by atoms with Gasteiger partial charge in [-0.1, -0.05) is 13.0 Å². The summed E-state index contributed by atoms with van der Waals surface area (Å²) in [6.45, 7) is 8.00. The highest BCUT2D eigenvalue weighted by atomic mass is 16.2. The zero-order valence-electron chi connectivity index (χ0n) is 10.0. The lowest BCUT2D eigenvalue weighted by Gasteiger charge is -2.32. The van der Waals surface area contributed by atoms with E-state index in [4.69, 9.17) is 0 Å². The van der Waals surface area contributed by atoms with Crippen molar-refractivity contribution in [3.05, 3.63) is 12.7 Å². The molecule has 0 aliphatic carbocycles. The Morgan fingerprint density at radius 2 is 1.94 bits per heavy atom. The average Bonchev–Trinajstić information content (AvgIpc) is 2.77. The Morgan fingerprint density at radius 3 is 2.62 bits per heavy atom. The summed E-state index contributed by atoms with van der Waals surface area (Å²) in [6.07, 6.45) is 7.78. The van der Waals surface area contributed by atoms with Crippen LogP contribution in [0, 0.1) is 0 Å². The van der Waals surface area contributed by atoms with Crippen LogP contribution in [0.4, 0.5) is 0 Å². The van der Waals surface area contributed by atoms with Crippen LogP contribution >= 0.6 is 0 Å². The molecule has 90 valence electrons. The molecular weight excluding hydrogens is 200 g/mol. The molecule has 0 spiro atoms. The summed E-state index contributed by atoms with van der Waals surface area (Å²) >= 11 is 0. The molecule has 2 fully saturated rings. The van der Waals surface area contributed by atoms with Gasteiger partial charge in [0.2, 0.25) is 5.91 Å². The maximum Gasteiger partial charge on any atom is 0.246 e. The number of carbonyl (C=O) groups is 1. The fraction of sp³-hybridized carbons (Fsp3) is 0.769. The van der Waals surface area contributed by atoms with E-state index in [1.807, 2.05) is 4.90 Å². The number of piperidine rings is 1. The summed E-state index contributed by atoms with van der Waals surface area (Å²) in [7, 11) is 0. The number of rotatable bonds is 3. The topological polar surface area (TPSA) is 23.6 Å². The van der Waals surface area contributed by atoms with Gasteiger partial charge in [0, 0.05) is 19.1 Å². The number of amides is 1. The second kappa shape index (κ2) is 5.48. The van der Waals surface area contributed by atoms with Gasteiger partial charge in [-0.3, -0.25) is 4.79 Å². The molecule has 2 aliphatic rings. The Bertz CT molecular complexity index is 259. The Kier molecular flexibility index (Phi) is 3.99. The Hall–Kier alpha value is -0.830. The first-order valence-corrected chi connectivity index (χ1v) is 6.46. The van der Waals surface area contributed by atoms with Crippen molar-refractivity contribution in [2.24, 2.45) is 0 Å². The van der Waals surface area contributed by atoms with Crippen molar-refractivity contribution in [2.75, 3.05) is 26.2 Å². The molecule has 3 nitrogen and oxygen atoms in total. The molecule has 2 aliphatic heterocycles. The second-order valence-electron chi connectivity index (χ2n) is 4.89. The van der Waals surface area contributed by atoms with Crippen LogP contribution < -0.4 is 0 Å². The molecule has 0 bridgehead atoms. The van der Waals surface area contributed by atoms with Crippen molar-refractivity contribution in [3.63, 3.8) is 0 Å². The molecule has 0 aromatic carbocycles. The van der Waals surface area contributed by atoms with Crippen molar-refractivity contribution in [1.29, 1.82) is 0 Å². The van der Waals surface area contributed by atoms with Gasteiger partial charge in [0.15, 0.2) is 0 Å². The van der Waals surface area contributed by atoms with Gasteiger partial charge < -0.3 is 9.80 Å². The van der Waals surface area contributed by atoms with E-state index < -0.39 is 0 Å². The van der Waals surface area contributed by atoms with Gasteiger partial charge in [0.25, 0.3) is 0 Å². The predicted octanol–water partition coefficient (Wildman–Crippen LogP) is 1.65. The molecular formula is C13H22N2O. The number of likely N-dealkylation sites (tertiary alicyclic amines) is 2. The molecule has 16 heavy (non-hydrogen) atoms. The molecule has 2 saturated heterocycles. The van der Waals surface area contributed by atoms with Gasteiger partial charge in [-0.2, -0.15) is 0 Å².